The van der Waals surface area contributed by atoms with Crippen molar-refractivity contribution >= 4 is 87.5 Å². The van der Waals surface area contributed by atoms with Crippen molar-refractivity contribution in [2.45, 2.75) is 19.3 Å². The van der Waals surface area contributed by atoms with Crippen molar-refractivity contribution in [1.29, 1.82) is 0 Å². The second-order valence-corrected chi connectivity index (χ2v) is 14.4. The number of fused-ring (bicyclic) bond motifs is 8. The molecule has 3 aromatic heterocycles. The maximum atomic E-state index is 6.74. The summed E-state index contributed by atoms with van der Waals surface area (Å²) < 4.78 is 6.03. The number of aliphatic imine (C=N–C) groups is 1. The van der Waals surface area contributed by atoms with Gasteiger partial charge in [0.1, 0.15) is 16.5 Å². The lowest BCUT2D eigenvalue weighted by molar-refractivity contribution is 0.584. The standard InChI is InChI=1S/C45H34N4S/c46-45-44(36-18-8-11-21-42(36)50-45)47-43(49-39-20-10-7-17-34(39)37-27-30-12-4-5-13-31(30)28-41(37)49)25-23-29-22-24-35-33-16-6-9-19-38(33)48(40(35)26-29)32-14-2-1-3-15-32/h1-22,24,27-29H,23,25-26,46H2/b47-43+. The van der Waals surface area contributed by atoms with Gasteiger partial charge >= 0.3 is 0 Å². The van der Waals surface area contributed by atoms with Crippen LogP contribution in [-0.2, 0) is 6.42 Å². The topological polar surface area (TPSA) is 48.2 Å². The molecular weight excluding hydrogens is 629 g/mol. The number of allylic oxidation sites excluding steroid dienone is 1. The lowest BCUT2D eigenvalue weighted by Gasteiger charge is -2.21. The molecule has 240 valence electrons. The van der Waals surface area contributed by atoms with Crippen LogP contribution in [0.15, 0.2) is 151 Å². The highest BCUT2D eigenvalue weighted by Gasteiger charge is 2.24. The first-order valence-electron chi connectivity index (χ1n) is 17.3. The van der Waals surface area contributed by atoms with Crippen molar-refractivity contribution in [3.05, 3.63) is 157 Å². The van der Waals surface area contributed by atoms with Gasteiger partial charge in [0.25, 0.3) is 0 Å². The monoisotopic (exact) mass is 662 g/mol. The van der Waals surface area contributed by atoms with E-state index in [0.717, 1.165) is 45.9 Å². The Kier molecular flexibility index (Phi) is 6.74. The summed E-state index contributed by atoms with van der Waals surface area (Å²) in [7, 11) is 0. The first-order chi connectivity index (χ1) is 24.7. The number of nitrogen functional groups attached to an aromatic ring is 1. The molecule has 50 heavy (non-hydrogen) atoms. The van der Waals surface area contributed by atoms with E-state index < -0.39 is 0 Å². The van der Waals surface area contributed by atoms with Gasteiger partial charge in [0, 0.05) is 49.6 Å². The first kappa shape index (κ1) is 29.0. The number of para-hydroxylation sites is 3. The lowest BCUT2D eigenvalue weighted by atomic mass is 9.89. The molecule has 6 aromatic carbocycles. The number of nitrogens with two attached hydrogens (primary N) is 1. The van der Waals surface area contributed by atoms with E-state index in [1.54, 1.807) is 11.3 Å². The summed E-state index contributed by atoms with van der Waals surface area (Å²) in [6, 6.07) is 50.1. The fourth-order valence-corrected chi connectivity index (χ4v) is 8.99. The maximum Gasteiger partial charge on any atom is 0.114 e. The Morgan fingerprint density at radius 1 is 0.680 bits per heavy atom. The minimum absolute atomic E-state index is 0.352. The molecule has 1 unspecified atom stereocenters. The Morgan fingerprint density at radius 2 is 1.36 bits per heavy atom. The third-order valence-corrected chi connectivity index (χ3v) is 11.4. The van der Waals surface area contributed by atoms with Crippen LogP contribution in [0.25, 0.3) is 65.3 Å². The van der Waals surface area contributed by atoms with E-state index in [1.165, 1.54) is 60.4 Å². The zero-order valence-corrected chi connectivity index (χ0v) is 28.3. The minimum atomic E-state index is 0.352. The second kappa shape index (κ2) is 11.6. The number of benzene rings is 6. The highest BCUT2D eigenvalue weighted by atomic mass is 32.1. The molecule has 0 fully saturated rings. The summed E-state index contributed by atoms with van der Waals surface area (Å²) in [6.45, 7) is 0. The molecular formula is C45H34N4S. The quantitative estimate of drug-likeness (QED) is 0.145. The normalized spacial score (nSPS) is 14.8. The van der Waals surface area contributed by atoms with Crippen LogP contribution >= 0.6 is 11.3 Å². The molecule has 2 N–H and O–H groups in total. The molecule has 1 aliphatic carbocycles. The molecule has 9 aromatic rings. The molecule has 0 bridgehead atoms. The fraction of sp³-hybridized carbons (Fsp3) is 0.0889. The number of rotatable bonds is 5. The van der Waals surface area contributed by atoms with Gasteiger partial charge in [-0.3, -0.25) is 4.57 Å². The summed E-state index contributed by atoms with van der Waals surface area (Å²) >= 11 is 1.61. The molecule has 3 heterocycles. The van der Waals surface area contributed by atoms with Crippen LogP contribution in [0.4, 0.5) is 10.7 Å². The predicted octanol–water partition coefficient (Wildman–Crippen LogP) is 11.9. The predicted molar refractivity (Wildman–Crippen MR) is 214 cm³/mol. The zero-order valence-electron chi connectivity index (χ0n) is 27.5. The van der Waals surface area contributed by atoms with Gasteiger partial charge in [-0.25, -0.2) is 4.99 Å². The van der Waals surface area contributed by atoms with Gasteiger partial charge < -0.3 is 10.3 Å². The molecule has 0 amide bonds. The van der Waals surface area contributed by atoms with Crippen molar-refractivity contribution in [1.82, 2.24) is 9.13 Å². The highest BCUT2D eigenvalue weighted by molar-refractivity contribution is 7.23. The Bertz CT molecular complexity index is 2810. The summed E-state index contributed by atoms with van der Waals surface area (Å²) in [6.07, 6.45) is 7.49. The third kappa shape index (κ3) is 4.62. The van der Waals surface area contributed by atoms with Crippen LogP contribution in [-0.4, -0.2) is 15.0 Å². The number of anilines is 1. The number of aromatic nitrogens is 2. The number of thiophene rings is 1. The summed E-state index contributed by atoms with van der Waals surface area (Å²) in [5.41, 5.74) is 15.1. The van der Waals surface area contributed by atoms with Crippen LogP contribution in [0.3, 0.4) is 0 Å². The molecule has 5 heteroatoms. The van der Waals surface area contributed by atoms with Gasteiger partial charge in [-0.15, -0.1) is 11.3 Å². The zero-order chi connectivity index (χ0) is 33.2. The van der Waals surface area contributed by atoms with E-state index in [-0.39, 0.29) is 0 Å². The Labute approximate surface area is 294 Å². The van der Waals surface area contributed by atoms with E-state index in [0.29, 0.717) is 5.92 Å². The van der Waals surface area contributed by atoms with Crippen LogP contribution in [0.2, 0.25) is 0 Å². The lowest BCUT2D eigenvalue weighted by Crippen LogP contribution is -2.16. The van der Waals surface area contributed by atoms with Crippen LogP contribution in [0.1, 0.15) is 24.1 Å². The number of hydrogen-bond donors (Lipinski definition) is 1. The van der Waals surface area contributed by atoms with E-state index in [9.17, 15) is 0 Å². The van der Waals surface area contributed by atoms with Crippen molar-refractivity contribution < 1.29 is 0 Å². The molecule has 0 radical (unpaired) electrons. The van der Waals surface area contributed by atoms with Crippen molar-refractivity contribution in [2.75, 3.05) is 5.73 Å². The average molecular weight is 663 g/mol. The van der Waals surface area contributed by atoms with Gasteiger partial charge in [0.2, 0.25) is 0 Å². The molecule has 0 aliphatic heterocycles. The largest absolute Gasteiger partial charge is 0.389 e. The molecule has 1 atom stereocenters. The van der Waals surface area contributed by atoms with Gasteiger partial charge in [0.05, 0.1) is 16.6 Å². The first-order valence-corrected chi connectivity index (χ1v) is 18.2. The smallest absolute Gasteiger partial charge is 0.114 e. The molecule has 0 saturated carbocycles. The van der Waals surface area contributed by atoms with Gasteiger partial charge in [-0.2, -0.15) is 0 Å². The summed E-state index contributed by atoms with van der Waals surface area (Å²) in [5, 5.41) is 8.11. The van der Waals surface area contributed by atoms with Crippen LogP contribution < -0.4 is 5.73 Å². The SMILES string of the molecule is Nc1sc2ccccc2c1/N=C(\CCC1C=Cc2c(n(-c3ccccc3)c3ccccc23)C1)n1c2ccccc2c2cc3ccccc3cc21. The van der Waals surface area contributed by atoms with E-state index >= 15 is 0 Å². The van der Waals surface area contributed by atoms with Crippen molar-refractivity contribution in [3.63, 3.8) is 0 Å². The van der Waals surface area contributed by atoms with Crippen LogP contribution in [0.5, 0.6) is 0 Å². The second-order valence-electron chi connectivity index (χ2n) is 13.3. The fourth-order valence-electron chi connectivity index (χ4n) is 8.08. The van der Waals surface area contributed by atoms with Crippen molar-refractivity contribution in [3.8, 4) is 5.69 Å². The van der Waals surface area contributed by atoms with E-state index in [4.69, 9.17) is 10.7 Å². The molecule has 0 spiro atoms. The van der Waals surface area contributed by atoms with Gasteiger partial charge in [-0.05, 0) is 72.0 Å². The van der Waals surface area contributed by atoms with E-state index in [2.05, 4.69) is 161 Å². The Morgan fingerprint density at radius 3 is 2.20 bits per heavy atom. The van der Waals surface area contributed by atoms with E-state index in [1.807, 2.05) is 0 Å². The molecule has 4 nitrogen and oxygen atoms in total. The van der Waals surface area contributed by atoms with Crippen LogP contribution in [0, 0.1) is 5.92 Å². The van der Waals surface area contributed by atoms with Crippen molar-refractivity contribution in [2.24, 2.45) is 10.9 Å². The Balaban J connectivity index is 1.12. The highest BCUT2D eigenvalue weighted by Crippen LogP contribution is 2.42. The maximum absolute atomic E-state index is 6.74. The summed E-state index contributed by atoms with van der Waals surface area (Å²) in [5.74, 6) is 1.37. The summed E-state index contributed by atoms with van der Waals surface area (Å²) in [4.78, 5) is 5.53. The molecule has 0 saturated heterocycles. The molecule has 10 rings (SSSR count). The third-order valence-electron chi connectivity index (χ3n) is 10.4. The number of nitrogens with zero attached hydrogens (tertiary/aromatic N) is 3. The molecule has 1 aliphatic rings. The van der Waals surface area contributed by atoms with Gasteiger partial charge in [-0.1, -0.05) is 109 Å². The van der Waals surface area contributed by atoms with Gasteiger partial charge in [0.15, 0.2) is 0 Å². The Hall–Kier alpha value is -5.91. The average Bonchev–Trinajstić information content (AvgIpc) is 3.78. The minimum Gasteiger partial charge on any atom is -0.389 e. The number of hydrogen-bond acceptors (Lipinski definition) is 3.